The van der Waals surface area contributed by atoms with Crippen LogP contribution in [0.3, 0.4) is 0 Å². The van der Waals surface area contributed by atoms with Crippen molar-refractivity contribution in [1.82, 2.24) is 0 Å². The van der Waals surface area contributed by atoms with Crippen LogP contribution in [0.5, 0.6) is 0 Å². The maximum absolute atomic E-state index is 11.7. The number of aliphatic carboxylic acids is 1. The number of aliphatic hydroxyl groups excluding tert-OH is 4. The average Bonchev–Trinajstić information content (AvgIpc) is 1.30. The lowest BCUT2D eigenvalue weighted by atomic mass is 9.43. The lowest BCUT2D eigenvalue weighted by molar-refractivity contribution is -0.181. The minimum atomic E-state index is -0.662. The fourth-order valence-corrected chi connectivity index (χ4v) is 26.8. The van der Waals surface area contributed by atoms with Gasteiger partial charge in [0.1, 0.15) is 0 Å². The Morgan fingerprint density at radius 2 is 0.682 bits per heavy atom. The zero-order chi connectivity index (χ0) is 63.6. The third-order valence-electron chi connectivity index (χ3n) is 31.7. The van der Waals surface area contributed by atoms with Crippen LogP contribution in [0, 0.1) is 139 Å². The van der Waals surface area contributed by atoms with Gasteiger partial charge < -0.3 is 44.5 Å². The number of carboxylic acid groups (broad SMARTS) is 1. The summed E-state index contributed by atoms with van der Waals surface area (Å²) in [6.45, 7) is 22.1. The van der Waals surface area contributed by atoms with Crippen LogP contribution in [-0.2, 0) is 33.3 Å². The number of hydrogen-bond acceptors (Lipinski definition) is 11. The molecule has 12 fully saturated rings. The number of fused-ring (bicyclic) bond motifs is 15. The molecular weight excluding hydrogens is 1100 g/mol. The highest BCUT2D eigenvalue weighted by molar-refractivity contribution is 5.69. The van der Waals surface area contributed by atoms with Crippen molar-refractivity contribution in [3.05, 3.63) is 0 Å². The minimum absolute atomic E-state index is 0.0737. The number of carboxylic acids is 1. The topological polar surface area (TPSA) is 189 Å². The van der Waals surface area contributed by atoms with Crippen LogP contribution in [0.15, 0.2) is 0 Å². The molecule has 0 spiro atoms. The van der Waals surface area contributed by atoms with E-state index in [1.165, 1.54) is 97.7 Å². The summed E-state index contributed by atoms with van der Waals surface area (Å²) in [6.07, 6.45) is 31.6. The lowest BCUT2D eigenvalue weighted by Crippen LogP contribution is -2.59. The average molecular weight is 1230 g/mol. The van der Waals surface area contributed by atoms with Crippen molar-refractivity contribution in [2.24, 2.45) is 139 Å². The van der Waals surface area contributed by atoms with Gasteiger partial charge >= 0.3 is 17.9 Å². The van der Waals surface area contributed by atoms with Gasteiger partial charge in [-0.05, 0) is 312 Å². The molecular formula is C76H128O12. The van der Waals surface area contributed by atoms with E-state index >= 15 is 0 Å². The molecule has 0 aromatic heterocycles. The Balaban J connectivity index is 0.000000146. The van der Waals surface area contributed by atoms with Crippen molar-refractivity contribution in [2.45, 2.75) is 292 Å². The molecule has 0 saturated heterocycles. The summed E-state index contributed by atoms with van der Waals surface area (Å²) in [7, 11) is 6.79. The van der Waals surface area contributed by atoms with Crippen molar-refractivity contribution < 1.29 is 58.9 Å². The third kappa shape index (κ3) is 12.5. The molecule has 504 valence electrons. The van der Waals surface area contributed by atoms with Crippen molar-refractivity contribution in [3.8, 4) is 0 Å². The smallest absolute Gasteiger partial charge is 0.305 e. The fourth-order valence-electron chi connectivity index (χ4n) is 26.8. The Bertz CT molecular complexity index is 2380. The summed E-state index contributed by atoms with van der Waals surface area (Å²) in [6, 6.07) is 0. The molecule has 15 unspecified atom stereocenters. The van der Waals surface area contributed by atoms with Crippen LogP contribution < -0.4 is 0 Å². The first kappa shape index (κ1) is 69.0. The van der Waals surface area contributed by atoms with Crippen LogP contribution in [0.2, 0.25) is 0 Å². The van der Waals surface area contributed by atoms with E-state index in [1.54, 1.807) is 0 Å². The molecule has 5 N–H and O–H groups in total. The predicted octanol–water partition coefficient (Wildman–Crippen LogP) is 14.9. The number of carbonyl (C=O) groups is 3. The van der Waals surface area contributed by atoms with E-state index in [-0.39, 0.29) is 41.8 Å². The molecule has 12 aliphatic rings. The van der Waals surface area contributed by atoms with Crippen molar-refractivity contribution in [2.75, 3.05) is 28.4 Å². The molecule has 12 rings (SSSR count). The molecule has 0 aromatic carbocycles. The lowest BCUT2D eigenvalue weighted by Gasteiger charge is -2.63. The summed E-state index contributed by atoms with van der Waals surface area (Å²) < 4.78 is 22.1. The number of ether oxygens (including phenoxy) is 4. The van der Waals surface area contributed by atoms with E-state index in [9.17, 15) is 34.8 Å². The van der Waals surface area contributed by atoms with E-state index in [0.717, 1.165) is 102 Å². The molecule has 0 amide bonds. The van der Waals surface area contributed by atoms with Crippen molar-refractivity contribution in [3.63, 3.8) is 0 Å². The Morgan fingerprint density at radius 1 is 0.386 bits per heavy atom. The number of esters is 2. The Hall–Kier alpha value is -1.83. The standard InChI is InChI=1S/C26H44O4.2C25H42O4/c1-16(6-9-23(28)30-5)19-7-8-20-24-21(11-13-26(19,20)3)25(2)12-10-18(27)14-17(25)15-22(24)29-4;1-15(5-8-22(27)28)18-6-7-19-23-20(10-12-25(18,19)3)24(2)11-9-17(26)13-16(24)14-21(23)29-4;1-15(5-8-22(28)29-4)18-6-7-19-23-20(10-12-25(18,19)3)24(2)11-9-17(26)13-16(24)14-21(23)27/h16-22,24,27H,6-15H2,1-5H3;15-21,23,26H,5-14H2,1-4H3,(H,27,28);15-21,23,26-27H,5-14H2,1-4H3/t16?,17-,18+,19+,20-,21?,22?,24-,25?,26?;2*15?,16-,17+,18+,19-,20?,21?,23-,24?,25?/m000/s1. The minimum Gasteiger partial charge on any atom is -0.481 e. The molecule has 12 aliphatic carbocycles. The van der Waals surface area contributed by atoms with Crippen LogP contribution in [0.1, 0.15) is 255 Å². The summed E-state index contributed by atoms with van der Waals surface area (Å²) in [4.78, 5) is 34.5. The number of hydrogen-bond donors (Lipinski definition) is 5. The number of methoxy groups -OCH3 is 4. The molecule has 12 saturated carbocycles. The van der Waals surface area contributed by atoms with Gasteiger partial charge in [-0.2, -0.15) is 0 Å². The monoisotopic (exact) mass is 1230 g/mol. The Labute approximate surface area is 533 Å². The van der Waals surface area contributed by atoms with Gasteiger partial charge in [0, 0.05) is 33.5 Å². The largest absolute Gasteiger partial charge is 0.481 e. The first-order valence-electron chi connectivity index (χ1n) is 36.8. The van der Waals surface area contributed by atoms with Crippen LogP contribution in [0.25, 0.3) is 0 Å². The number of carbonyl (C=O) groups excluding carboxylic acids is 2. The molecule has 0 aromatic rings. The first-order chi connectivity index (χ1) is 41.6. The molecule has 30 atom stereocenters. The van der Waals surface area contributed by atoms with Gasteiger partial charge in [-0.3, -0.25) is 14.4 Å². The predicted molar refractivity (Wildman–Crippen MR) is 344 cm³/mol. The second kappa shape index (κ2) is 27.1. The van der Waals surface area contributed by atoms with Gasteiger partial charge in [0.05, 0.1) is 50.8 Å². The van der Waals surface area contributed by atoms with Gasteiger partial charge in [0.25, 0.3) is 0 Å². The summed E-state index contributed by atoms with van der Waals surface area (Å²) >= 11 is 0. The maximum atomic E-state index is 11.7. The molecule has 0 aliphatic heterocycles. The van der Waals surface area contributed by atoms with Crippen LogP contribution >= 0.6 is 0 Å². The second-order valence-electron chi connectivity index (χ2n) is 34.9. The number of aliphatic hydroxyl groups is 4. The van der Waals surface area contributed by atoms with Crippen molar-refractivity contribution in [1.29, 1.82) is 0 Å². The normalized spacial score (nSPS) is 49.8. The van der Waals surface area contributed by atoms with Gasteiger partial charge in [0.2, 0.25) is 0 Å². The van der Waals surface area contributed by atoms with Gasteiger partial charge in [-0.15, -0.1) is 0 Å². The molecule has 88 heavy (non-hydrogen) atoms. The molecule has 12 nitrogen and oxygen atoms in total. The third-order valence-corrected chi connectivity index (χ3v) is 31.7. The maximum Gasteiger partial charge on any atom is 0.305 e. The quantitative estimate of drug-likeness (QED) is 0.104. The molecule has 12 heteroatoms. The van der Waals surface area contributed by atoms with Crippen molar-refractivity contribution >= 4 is 17.9 Å². The SMILES string of the molecule is COC(=O)CCC(C)[C@H]1CC[C@H]2[C@@H]3C(O)C[C@@H]4C[C@H](O)CCC4(C)C3CCC12C.COC(=O)CCC(C)[C@H]1CC[C@H]2[C@@H]3C(OC)C[C@@H]4C[C@H](O)CCC4(C)C3CCC12C.COC1C[C@@H]2C[C@H](O)CCC2(C)C2CCC3(C)[C@@H](C(C)CCC(=O)O)CC[C@H]3[C@H]12. The molecule has 0 heterocycles. The molecule has 0 radical (unpaired) electrons. The van der Waals surface area contributed by atoms with Gasteiger partial charge in [0.15, 0.2) is 0 Å². The van der Waals surface area contributed by atoms with Crippen LogP contribution in [0.4, 0.5) is 0 Å². The van der Waals surface area contributed by atoms with Crippen LogP contribution in [-0.4, -0.2) is 109 Å². The summed E-state index contributed by atoms with van der Waals surface area (Å²) in [5, 5.41) is 51.3. The van der Waals surface area contributed by atoms with E-state index in [4.69, 9.17) is 24.1 Å². The van der Waals surface area contributed by atoms with E-state index in [2.05, 4.69) is 62.3 Å². The highest BCUT2D eigenvalue weighted by Gasteiger charge is 2.67. The fraction of sp³-hybridized carbons (Fsp3) is 0.961. The van der Waals surface area contributed by atoms with E-state index in [1.807, 2.05) is 14.2 Å². The zero-order valence-corrected chi connectivity index (χ0v) is 57.7. The zero-order valence-electron chi connectivity index (χ0n) is 57.7. The Kier molecular flexibility index (Phi) is 21.3. The highest BCUT2D eigenvalue weighted by atomic mass is 16.5. The Morgan fingerprint density at radius 3 is 1.01 bits per heavy atom. The van der Waals surface area contributed by atoms with Gasteiger partial charge in [-0.1, -0.05) is 62.3 Å². The summed E-state index contributed by atoms with van der Waals surface area (Å²) in [5.74, 6) is 10.2. The molecule has 0 bridgehead atoms. The first-order valence-corrected chi connectivity index (χ1v) is 36.8. The highest BCUT2D eigenvalue weighted by Crippen LogP contribution is 2.72. The van der Waals surface area contributed by atoms with E-state index < -0.39 is 5.97 Å². The van der Waals surface area contributed by atoms with Gasteiger partial charge in [-0.25, -0.2) is 0 Å². The summed E-state index contributed by atoms with van der Waals surface area (Å²) in [5.41, 5.74) is 1.99. The number of rotatable bonds is 14. The van der Waals surface area contributed by atoms with E-state index in [0.29, 0.717) is 153 Å². The second-order valence-corrected chi connectivity index (χ2v) is 34.9.